The van der Waals surface area contributed by atoms with Gasteiger partial charge in [-0.15, -0.1) is 0 Å². The average Bonchev–Trinajstić information content (AvgIpc) is 2.77. The number of fused-ring (bicyclic) bond motifs is 4. The summed E-state index contributed by atoms with van der Waals surface area (Å²) in [6.07, 6.45) is 0.909. The fourth-order valence-corrected chi connectivity index (χ4v) is 3.72. The Morgan fingerprint density at radius 2 is 2.00 bits per heavy atom. The maximum atomic E-state index is 11.5. The van der Waals surface area contributed by atoms with Gasteiger partial charge in [0.1, 0.15) is 17.0 Å². The first kappa shape index (κ1) is 21.6. The van der Waals surface area contributed by atoms with Crippen molar-refractivity contribution in [3.63, 3.8) is 0 Å². The lowest BCUT2D eigenvalue weighted by Gasteiger charge is -2.12. The van der Waals surface area contributed by atoms with Crippen LogP contribution in [0.15, 0.2) is 45.8 Å². The molecule has 2 aromatic carbocycles. The van der Waals surface area contributed by atoms with Gasteiger partial charge in [0, 0.05) is 41.6 Å². The number of rotatable bonds is 7. The molecule has 0 amide bonds. The van der Waals surface area contributed by atoms with Gasteiger partial charge in [-0.1, -0.05) is 0 Å². The van der Waals surface area contributed by atoms with Crippen LogP contribution in [0.4, 0.5) is 5.69 Å². The molecule has 1 aliphatic carbocycles. The van der Waals surface area contributed by atoms with Crippen LogP contribution < -0.4 is 15.8 Å². The monoisotopic (exact) mass is 433 g/mol. The highest BCUT2D eigenvalue weighted by atomic mass is 16.5. The van der Waals surface area contributed by atoms with E-state index in [9.17, 15) is 4.79 Å². The van der Waals surface area contributed by atoms with E-state index in [1.165, 1.54) is 0 Å². The smallest absolute Gasteiger partial charge is 0.305 e. The number of aromatic nitrogens is 1. The van der Waals surface area contributed by atoms with E-state index in [1.54, 1.807) is 13.0 Å². The van der Waals surface area contributed by atoms with Crippen molar-refractivity contribution in [1.82, 2.24) is 4.98 Å². The highest BCUT2D eigenvalue weighted by molar-refractivity contribution is 6.10. The summed E-state index contributed by atoms with van der Waals surface area (Å²) in [6.45, 7) is 7.32. The van der Waals surface area contributed by atoms with E-state index >= 15 is 0 Å². The first-order valence-electron chi connectivity index (χ1n) is 10.9. The number of nitrogens with two attached hydrogens (primary N) is 1. The van der Waals surface area contributed by atoms with Gasteiger partial charge < -0.3 is 19.6 Å². The molecule has 166 valence electrons. The second kappa shape index (κ2) is 9.26. The van der Waals surface area contributed by atoms with Crippen LogP contribution in [-0.4, -0.2) is 30.7 Å². The maximum Gasteiger partial charge on any atom is 0.305 e. The van der Waals surface area contributed by atoms with Crippen LogP contribution in [0.5, 0.6) is 5.75 Å². The van der Waals surface area contributed by atoms with E-state index < -0.39 is 0 Å². The van der Waals surface area contributed by atoms with Crippen LogP contribution in [0.2, 0.25) is 0 Å². The van der Waals surface area contributed by atoms with Crippen molar-refractivity contribution >= 4 is 33.5 Å². The molecule has 0 saturated heterocycles. The molecular formula is C25H27N3O4. The summed E-state index contributed by atoms with van der Waals surface area (Å²) in [4.78, 5) is 20.9. The van der Waals surface area contributed by atoms with Gasteiger partial charge in [-0.2, -0.15) is 0 Å². The van der Waals surface area contributed by atoms with Crippen molar-refractivity contribution < 1.29 is 18.7 Å². The Bertz CT molecular complexity index is 1330. The molecule has 2 N–H and O–H groups in total. The van der Waals surface area contributed by atoms with Crippen LogP contribution in [0.1, 0.15) is 32.3 Å². The fraction of sp³-hybridized carbons (Fsp3) is 0.320. The zero-order chi connectivity index (χ0) is 22.7. The minimum atomic E-state index is -0.212. The molecule has 1 aliphatic heterocycles. The Kier molecular flexibility index (Phi) is 6.25. The predicted molar refractivity (Wildman–Crippen MR) is 125 cm³/mol. The standard InChI is InChI=1S/C25H27N3O4/c1-4-27-20-14-22-21(11-15(20)3)28-25-18-12-16(31-10-6-7-24(29)30-5-2)8-9-17(18)19(26)13-23(25)32-22/h8-9,11-14H,4-7,10,26H2,1-3H3. The molecule has 7 nitrogen and oxygen atoms in total. The van der Waals surface area contributed by atoms with Crippen molar-refractivity contribution in [3.05, 3.63) is 47.3 Å². The second-order valence-corrected chi connectivity index (χ2v) is 7.57. The molecule has 0 fully saturated rings. The lowest BCUT2D eigenvalue weighted by molar-refractivity contribution is -0.143. The third-order valence-corrected chi connectivity index (χ3v) is 5.23. The molecule has 0 unspecified atom stereocenters. The zero-order valence-electron chi connectivity index (χ0n) is 18.6. The molecule has 2 aliphatic rings. The van der Waals surface area contributed by atoms with Crippen LogP contribution >= 0.6 is 0 Å². The zero-order valence-corrected chi connectivity index (χ0v) is 18.6. The van der Waals surface area contributed by atoms with Gasteiger partial charge in [-0.05, 0) is 57.0 Å². The van der Waals surface area contributed by atoms with E-state index in [0.717, 1.165) is 32.9 Å². The Hall–Kier alpha value is -3.61. The van der Waals surface area contributed by atoms with Gasteiger partial charge in [0.2, 0.25) is 0 Å². The summed E-state index contributed by atoms with van der Waals surface area (Å²) in [7, 11) is 0. The van der Waals surface area contributed by atoms with Crippen LogP contribution in [-0.2, 0) is 9.53 Å². The molecule has 2 aromatic rings. The van der Waals surface area contributed by atoms with E-state index in [0.29, 0.717) is 55.4 Å². The lowest BCUT2D eigenvalue weighted by Crippen LogP contribution is -2.09. The number of carbonyl (C=O) groups excluding carboxylic acids is 1. The highest BCUT2D eigenvalue weighted by Gasteiger charge is 2.15. The Morgan fingerprint density at radius 3 is 2.78 bits per heavy atom. The summed E-state index contributed by atoms with van der Waals surface area (Å²) < 4.78 is 17.0. The molecule has 1 heterocycles. The van der Waals surface area contributed by atoms with Crippen molar-refractivity contribution in [3.8, 4) is 17.2 Å². The third kappa shape index (κ3) is 4.37. The number of nitrogens with zero attached hydrogens (tertiary/aromatic N) is 2. The first-order chi connectivity index (χ1) is 15.5. The number of esters is 1. The second-order valence-electron chi connectivity index (χ2n) is 7.57. The molecule has 0 atom stereocenters. The number of ether oxygens (including phenoxy) is 2. The number of aryl methyl sites for hydroxylation is 1. The molecule has 0 bridgehead atoms. The van der Waals surface area contributed by atoms with Gasteiger partial charge >= 0.3 is 5.97 Å². The lowest BCUT2D eigenvalue weighted by atomic mass is 10.1. The van der Waals surface area contributed by atoms with Gasteiger partial charge in [0.05, 0.1) is 18.6 Å². The van der Waals surface area contributed by atoms with Crippen molar-refractivity contribution in [1.29, 1.82) is 0 Å². The van der Waals surface area contributed by atoms with Gasteiger partial charge in [-0.25, -0.2) is 4.98 Å². The Labute approximate surface area is 186 Å². The number of hydrogen-bond acceptors (Lipinski definition) is 7. The molecule has 0 aromatic heterocycles. The quantitative estimate of drug-likeness (QED) is 0.150. The summed E-state index contributed by atoms with van der Waals surface area (Å²) in [5.41, 5.74) is 10.0. The van der Waals surface area contributed by atoms with Gasteiger partial charge in [-0.3, -0.25) is 9.79 Å². The highest BCUT2D eigenvalue weighted by Crippen LogP contribution is 2.35. The molecule has 32 heavy (non-hydrogen) atoms. The number of nitrogen functional groups attached to an aromatic ring is 1. The average molecular weight is 434 g/mol. The topological polar surface area (TPSA) is 99.9 Å². The molecular weight excluding hydrogens is 406 g/mol. The SMILES string of the molecule is CCN=c1cc2oc3cc(N)c4ccc(OCCCC(=O)OCC)cc4c3nc-2cc1C. The number of anilines is 1. The molecule has 0 saturated carbocycles. The number of hydrogen-bond donors (Lipinski definition) is 1. The van der Waals surface area contributed by atoms with E-state index in [4.69, 9.17) is 24.6 Å². The fourth-order valence-electron chi connectivity index (χ4n) is 3.72. The Balaban J connectivity index is 1.72. The largest absolute Gasteiger partial charge is 0.494 e. The van der Waals surface area contributed by atoms with Crippen molar-refractivity contribution in [2.75, 3.05) is 25.5 Å². The molecule has 0 radical (unpaired) electrons. The minimum absolute atomic E-state index is 0.212. The minimum Gasteiger partial charge on any atom is -0.494 e. The van der Waals surface area contributed by atoms with Crippen molar-refractivity contribution in [2.45, 2.75) is 33.6 Å². The van der Waals surface area contributed by atoms with Crippen LogP contribution in [0.3, 0.4) is 0 Å². The summed E-state index contributed by atoms with van der Waals surface area (Å²) in [6, 6.07) is 11.4. The summed E-state index contributed by atoms with van der Waals surface area (Å²) in [5.74, 6) is 1.14. The third-order valence-electron chi connectivity index (χ3n) is 5.23. The van der Waals surface area contributed by atoms with E-state index in [2.05, 4.69) is 4.99 Å². The van der Waals surface area contributed by atoms with Crippen molar-refractivity contribution in [2.24, 2.45) is 4.99 Å². The summed E-state index contributed by atoms with van der Waals surface area (Å²) in [5, 5.41) is 2.64. The number of carbonyl (C=O) groups is 1. The van der Waals surface area contributed by atoms with Gasteiger partial charge in [0.25, 0.3) is 0 Å². The molecule has 4 rings (SSSR count). The Morgan fingerprint density at radius 1 is 1.16 bits per heavy atom. The predicted octanol–water partition coefficient (Wildman–Crippen LogP) is 4.62. The molecule has 0 spiro atoms. The van der Waals surface area contributed by atoms with Crippen LogP contribution in [0.25, 0.3) is 33.3 Å². The van der Waals surface area contributed by atoms with E-state index in [-0.39, 0.29) is 5.97 Å². The van der Waals surface area contributed by atoms with Crippen LogP contribution in [0, 0.1) is 6.92 Å². The number of benzene rings is 3. The van der Waals surface area contributed by atoms with E-state index in [1.807, 2.05) is 44.2 Å². The summed E-state index contributed by atoms with van der Waals surface area (Å²) >= 11 is 0. The first-order valence-corrected chi connectivity index (χ1v) is 10.9. The molecule has 7 heteroatoms. The maximum absolute atomic E-state index is 11.5. The van der Waals surface area contributed by atoms with Gasteiger partial charge in [0.15, 0.2) is 11.3 Å². The normalized spacial score (nSPS) is 12.0.